The van der Waals surface area contributed by atoms with Gasteiger partial charge in [0, 0.05) is 25.4 Å². The molecule has 4 aromatic rings. The van der Waals surface area contributed by atoms with Gasteiger partial charge >= 0.3 is 0 Å². The molecule has 1 N–H and O–H groups in total. The molecule has 2 heterocycles. The largest absolute Gasteiger partial charge is 0.336 e. The Morgan fingerprint density at radius 2 is 1.16 bits per heavy atom. The topological polar surface area (TPSA) is 49.4 Å². The number of aryl methyl sites for hydroxylation is 2. The average molecular weight is 755 g/mol. The molecule has 5 heteroatoms. The van der Waals surface area contributed by atoms with Gasteiger partial charge in [-0.05, 0) is 137 Å². The van der Waals surface area contributed by atoms with Gasteiger partial charge in [0.25, 0.3) is 0 Å². The zero-order valence-electron chi connectivity index (χ0n) is 33.3. The molecular weight excluding hydrogens is 696 g/mol. The number of nitrogens with zero attached hydrogens (tertiary/aromatic N) is 1. The molecule has 0 saturated carbocycles. The first kappa shape index (κ1) is 40.4. The monoisotopic (exact) mass is 754 g/mol. The Morgan fingerprint density at radius 1 is 0.655 bits per heavy atom. The first-order valence-corrected chi connectivity index (χ1v) is 20.9. The van der Waals surface area contributed by atoms with E-state index in [2.05, 4.69) is 111 Å². The number of carbonyl (C=O) groups is 2. The van der Waals surface area contributed by atoms with Gasteiger partial charge in [0.1, 0.15) is 0 Å². The van der Waals surface area contributed by atoms with Crippen molar-refractivity contribution < 1.29 is 9.59 Å². The minimum Gasteiger partial charge on any atom is -0.336 e. The fourth-order valence-corrected chi connectivity index (χ4v) is 8.95. The highest BCUT2D eigenvalue weighted by Gasteiger charge is 2.36. The summed E-state index contributed by atoms with van der Waals surface area (Å²) in [7, 11) is 0. The molecule has 2 aliphatic carbocycles. The number of benzene rings is 4. The number of carbonyl (C=O) groups excluding carboxylic acids is 2. The molecule has 0 bridgehead atoms. The number of amides is 1. The van der Waals surface area contributed by atoms with Gasteiger partial charge in [-0.15, -0.1) is 0 Å². The molecule has 0 radical (unpaired) electrons. The van der Waals surface area contributed by atoms with Crippen LogP contribution in [0.1, 0.15) is 99.6 Å². The Morgan fingerprint density at radius 3 is 1.73 bits per heavy atom. The Labute approximate surface area is 335 Å². The fourth-order valence-electron chi connectivity index (χ4n) is 8.86. The van der Waals surface area contributed by atoms with E-state index in [4.69, 9.17) is 11.6 Å². The van der Waals surface area contributed by atoms with Crippen LogP contribution in [0.4, 0.5) is 0 Å². The molecule has 2 unspecified atom stereocenters. The standard InChI is InChI=1S/C25H29NO.C16H21N.C9H9ClO/c1-18(2)16-24-23-17-20-10-6-7-11-21(20)22(23)14-15-26(24)25(27)13-12-19-8-4-3-5-9-19;1-11(2)9-16-15-10-12-5-3-4-6-13(12)14(15)7-8-17-16;10-9(11)7-6-8-4-2-1-3-5-8/h3-11,18,24H,12-17H2,1-2H3;3-6,11,16-17H,7-10H2,1-2H3;1-5H,6-7H2. The summed E-state index contributed by atoms with van der Waals surface area (Å²) >= 11 is 5.19. The van der Waals surface area contributed by atoms with Crippen LogP contribution in [0.2, 0.25) is 0 Å². The quantitative estimate of drug-likeness (QED) is 0.164. The molecule has 2 aliphatic heterocycles. The lowest BCUT2D eigenvalue weighted by atomic mass is 9.87. The van der Waals surface area contributed by atoms with E-state index in [1.54, 1.807) is 11.1 Å². The fraction of sp³-hybridized carbons (Fsp3) is 0.400. The third-order valence-electron chi connectivity index (χ3n) is 11.4. The molecule has 4 aliphatic rings. The summed E-state index contributed by atoms with van der Waals surface area (Å²) < 4.78 is 0. The van der Waals surface area contributed by atoms with Gasteiger partial charge < -0.3 is 10.2 Å². The molecule has 1 amide bonds. The van der Waals surface area contributed by atoms with Gasteiger partial charge in [0.15, 0.2) is 0 Å². The Balaban J connectivity index is 0.000000156. The van der Waals surface area contributed by atoms with Crippen LogP contribution in [0.25, 0.3) is 11.1 Å². The minimum atomic E-state index is -0.270. The molecule has 0 fully saturated rings. The van der Waals surface area contributed by atoms with E-state index >= 15 is 0 Å². The number of rotatable bonds is 10. The third-order valence-corrected chi connectivity index (χ3v) is 11.6. The molecule has 0 spiro atoms. The summed E-state index contributed by atoms with van der Waals surface area (Å²) in [6.45, 7) is 11.2. The maximum absolute atomic E-state index is 13.1. The zero-order chi connectivity index (χ0) is 38.7. The second kappa shape index (κ2) is 19.6. The predicted octanol–water partition coefficient (Wildman–Crippen LogP) is 11.1. The van der Waals surface area contributed by atoms with Crippen molar-refractivity contribution in [3.05, 3.63) is 154 Å². The van der Waals surface area contributed by atoms with Gasteiger partial charge in [0.2, 0.25) is 11.1 Å². The lowest BCUT2D eigenvalue weighted by Crippen LogP contribution is -2.45. The first-order chi connectivity index (χ1) is 26.7. The highest BCUT2D eigenvalue weighted by molar-refractivity contribution is 6.63. The van der Waals surface area contributed by atoms with E-state index in [1.807, 2.05) is 36.4 Å². The maximum atomic E-state index is 13.1. The molecule has 2 atom stereocenters. The SMILES string of the molecule is CC(C)CC1C2=C(CCN1C(=O)CCc1ccccc1)c1ccccc1C2.CC(C)CC1NCCC2=C1Cc1ccccc12.O=C(Cl)CCc1ccccc1. The highest BCUT2D eigenvalue weighted by atomic mass is 35.5. The Kier molecular flexibility index (Phi) is 14.4. The van der Waals surface area contributed by atoms with E-state index in [9.17, 15) is 9.59 Å². The Hall–Kier alpha value is -4.25. The molecule has 0 aromatic heterocycles. The predicted molar refractivity (Wildman–Crippen MR) is 230 cm³/mol. The molecular formula is C50H59ClN2O2. The number of hydrogen-bond acceptors (Lipinski definition) is 3. The summed E-state index contributed by atoms with van der Waals surface area (Å²) in [6, 6.07) is 38.8. The van der Waals surface area contributed by atoms with Crippen molar-refractivity contribution in [1.82, 2.24) is 10.2 Å². The van der Waals surface area contributed by atoms with E-state index in [0.29, 0.717) is 30.7 Å². The number of halogens is 1. The third kappa shape index (κ3) is 10.7. The van der Waals surface area contributed by atoms with Crippen molar-refractivity contribution in [1.29, 1.82) is 0 Å². The molecule has 4 aromatic carbocycles. The maximum Gasteiger partial charge on any atom is 0.223 e. The molecule has 8 rings (SSSR count). The van der Waals surface area contributed by atoms with Gasteiger partial charge in [-0.25, -0.2) is 0 Å². The van der Waals surface area contributed by atoms with Crippen LogP contribution in [0, 0.1) is 11.8 Å². The van der Waals surface area contributed by atoms with Crippen molar-refractivity contribution in [2.45, 2.75) is 104 Å². The van der Waals surface area contributed by atoms with Crippen LogP contribution < -0.4 is 5.32 Å². The lowest BCUT2D eigenvalue weighted by molar-refractivity contribution is -0.133. The van der Waals surface area contributed by atoms with Gasteiger partial charge in [0.05, 0.1) is 6.04 Å². The van der Waals surface area contributed by atoms with E-state index in [0.717, 1.165) is 56.7 Å². The van der Waals surface area contributed by atoms with Crippen molar-refractivity contribution in [3.8, 4) is 0 Å². The Bertz CT molecular complexity index is 1960. The van der Waals surface area contributed by atoms with Crippen LogP contribution >= 0.6 is 11.6 Å². The van der Waals surface area contributed by atoms with Crippen LogP contribution in [0.3, 0.4) is 0 Å². The van der Waals surface area contributed by atoms with E-state index in [-0.39, 0.29) is 11.3 Å². The van der Waals surface area contributed by atoms with Crippen LogP contribution in [0.5, 0.6) is 0 Å². The first-order valence-electron chi connectivity index (χ1n) is 20.6. The van der Waals surface area contributed by atoms with Crippen LogP contribution in [0.15, 0.2) is 120 Å². The summed E-state index contributed by atoms with van der Waals surface area (Å²) in [5.74, 6) is 1.66. The van der Waals surface area contributed by atoms with Crippen LogP contribution in [-0.4, -0.2) is 41.2 Å². The highest BCUT2D eigenvalue weighted by Crippen LogP contribution is 2.43. The number of hydrogen-bond donors (Lipinski definition) is 1. The summed E-state index contributed by atoms with van der Waals surface area (Å²) in [5.41, 5.74) is 14.7. The number of nitrogens with one attached hydrogen (secondary N) is 1. The zero-order valence-corrected chi connectivity index (χ0v) is 34.1. The lowest BCUT2D eigenvalue weighted by Gasteiger charge is -2.38. The smallest absolute Gasteiger partial charge is 0.223 e. The van der Waals surface area contributed by atoms with Crippen molar-refractivity contribution in [2.24, 2.45) is 11.8 Å². The van der Waals surface area contributed by atoms with Crippen LogP contribution in [-0.2, 0) is 35.3 Å². The normalized spacial score (nSPS) is 18.1. The van der Waals surface area contributed by atoms with Crippen molar-refractivity contribution in [3.63, 3.8) is 0 Å². The van der Waals surface area contributed by atoms with Gasteiger partial charge in [-0.1, -0.05) is 137 Å². The summed E-state index contributed by atoms with van der Waals surface area (Å²) in [6.07, 6.45) is 9.33. The average Bonchev–Trinajstić information content (AvgIpc) is 3.77. The molecule has 55 heavy (non-hydrogen) atoms. The number of fused-ring (bicyclic) bond motifs is 4. The molecule has 0 saturated heterocycles. The second-order valence-corrected chi connectivity index (χ2v) is 16.8. The van der Waals surface area contributed by atoms with Crippen molar-refractivity contribution >= 4 is 33.9 Å². The minimum absolute atomic E-state index is 0.268. The van der Waals surface area contributed by atoms with Gasteiger partial charge in [-0.3, -0.25) is 9.59 Å². The van der Waals surface area contributed by atoms with Crippen molar-refractivity contribution in [2.75, 3.05) is 13.1 Å². The van der Waals surface area contributed by atoms with E-state index in [1.165, 1.54) is 58.2 Å². The molecule has 288 valence electrons. The molecule has 4 nitrogen and oxygen atoms in total. The summed E-state index contributed by atoms with van der Waals surface area (Å²) in [4.78, 5) is 25.7. The van der Waals surface area contributed by atoms with Gasteiger partial charge in [-0.2, -0.15) is 0 Å². The summed E-state index contributed by atoms with van der Waals surface area (Å²) in [5, 5.41) is 3.43. The second-order valence-electron chi connectivity index (χ2n) is 16.4. The van der Waals surface area contributed by atoms with E-state index < -0.39 is 0 Å².